The number of nitrogens with two attached hydrogens (primary N) is 1. The van der Waals surface area contributed by atoms with Crippen molar-refractivity contribution in [2.45, 2.75) is 19.4 Å². The van der Waals surface area contributed by atoms with Gasteiger partial charge in [0.2, 0.25) is 11.8 Å². The number of amides is 2. The quantitative estimate of drug-likeness (QED) is 0.692. The first-order valence-electron chi connectivity index (χ1n) is 5.57. The zero-order valence-electron chi connectivity index (χ0n) is 9.45. The molecule has 90 valence electrons. The van der Waals surface area contributed by atoms with Crippen LogP contribution in [0.2, 0.25) is 0 Å². The number of fused-ring (bicyclic) bond motifs is 1. The number of hydrogen-bond acceptors (Lipinski definition) is 3. The van der Waals surface area contributed by atoms with Gasteiger partial charge in [-0.15, -0.1) is 0 Å². The molecule has 0 fully saturated rings. The highest BCUT2D eigenvalue weighted by Crippen LogP contribution is 2.23. The molecule has 0 saturated carbocycles. The van der Waals surface area contributed by atoms with Crippen molar-refractivity contribution in [3.63, 3.8) is 0 Å². The Hall–Kier alpha value is -1.88. The van der Waals surface area contributed by atoms with Crippen LogP contribution in [0.3, 0.4) is 0 Å². The van der Waals surface area contributed by atoms with Gasteiger partial charge in [0.15, 0.2) is 0 Å². The zero-order chi connectivity index (χ0) is 12.3. The van der Waals surface area contributed by atoms with Gasteiger partial charge in [0.25, 0.3) is 0 Å². The third-order valence-corrected chi connectivity index (χ3v) is 2.66. The fourth-order valence-electron chi connectivity index (χ4n) is 1.81. The van der Waals surface area contributed by atoms with Crippen molar-refractivity contribution >= 4 is 17.5 Å². The smallest absolute Gasteiger partial charge is 0.228 e. The van der Waals surface area contributed by atoms with E-state index in [0.717, 1.165) is 16.8 Å². The molecule has 0 aromatic heterocycles. The second-order valence-electron chi connectivity index (χ2n) is 4.03. The van der Waals surface area contributed by atoms with Crippen LogP contribution in [0.5, 0.6) is 0 Å². The van der Waals surface area contributed by atoms with E-state index < -0.39 is 0 Å². The van der Waals surface area contributed by atoms with Crippen LogP contribution < -0.4 is 16.4 Å². The Balaban J connectivity index is 1.97. The molecule has 0 aliphatic carbocycles. The van der Waals surface area contributed by atoms with Gasteiger partial charge in [-0.05, 0) is 17.2 Å². The second kappa shape index (κ2) is 4.97. The molecule has 2 amide bonds. The van der Waals surface area contributed by atoms with Gasteiger partial charge in [-0.3, -0.25) is 9.59 Å². The van der Waals surface area contributed by atoms with E-state index in [0.29, 0.717) is 25.9 Å². The first-order chi connectivity index (χ1) is 8.19. The van der Waals surface area contributed by atoms with Crippen LogP contribution in [-0.2, 0) is 22.6 Å². The number of nitrogens with one attached hydrogen (secondary N) is 2. The van der Waals surface area contributed by atoms with Crippen LogP contribution in [0.15, 0.2) is 18.2 Å². The summed E-state index contributed by atoms with van der Waals surface area (Å²) in [4.78, 5) is 22.4. The average Bonchev–Trinajstić information content (AvgIpc) is 2.66. The van der Waals surface area contributed by atoms with Crippen LogP contribution >= 0.6 is 0 Å². The van der Waals surface area contributed by atoms with E-state index in [2.05, 4.69) is 10.6 Å². The summed E-state index contributed by atoms with van der Waals surface area (Å²) in [6.45, 7) is 0.828. The van der Waals surface area contributed by atoms with Gasteiger partial charge < -0.3 is 16.4 Å². The van der Waals surface area contributed by atoms with Crippen molar-refractivity contribution in [3.8, 4) is 0 Å². The maximum atomic E-state index is 11.2. The highest BCUT2D eigenvalue weighted by molar-refractivity contribution is 5.99. The highest BCUT2D eigenvalue weighted by atomic mass is 16.2. The number of benzene rings is 1. The van der Waals surface area contributed by atoms with E-state index in [1.54, 1.807) is 0 Å². The summed E-state index contributed by atoms with van der Waals surface area (Å²) >= 11 is 0. The number of rotatable bonds is 4. The zero-order valence-corrected chi connectivity index (χ0v) is 9.45. The molecule has 0 radical (unpaired) electrons. The topological polar surface area (TPSA) is 84.2 Å². The molecule has 4 N–H and O–H groups in total. The second-order valence-corrected chi connectivity index (χ2v) is 4.03. The molecule has 0 spiro atoms. The Morgan fingerprint density at radius 2 is 2.29 bits per heavy atom. The van der Waals surface area contributed by atoms with Crippen LogP contribution in [0, 0.1) is 0 Å². The minimum atomic E-state index is -0.0535. The monoisotopic (exact) mass is 233 g/mol. The highest BCUT2D eigenvalue weighted by Gasteiger charge is 2.17. The van der Waals surface area contributed by atoms with Crippen molar-refractivity contribution in [2.75, 3.05) is 11.9 Å². The van der Waals surface area contributed by atoms with E-state index in [9.17, 15) is 9.59 Å². The Labute approximate surface area is 99.4 Å². The molecule has 1 aliphatic heterocycles. The van der Waals surface area contributed by atoms with Crippen molar-refractivity contribution in [3.05, 3.63) is 29.3 Å². The van der Waals surface area contributed by atoms with E-state index >= 15 is 0 Å². The lowest BCUT2D eigenvalue weighted by Gasteiger charge is -2.06. The molecule has 2 rings (SSSR count). The van der Waals surface area contributed by atoms with Crippen LogP contribution in [0.1, 0.15) is 17.5 Å². The summed E-state index contributed by atoms with van der Waals surface area (Å²) in [5.74, 6) is -0.0356. The van der Waals surface area contributed by atoms with Crippen LogP contribution in [-0.4, -0.2) is 18.4 Å². The Bertz CT molecular complexity index is 457. The molecular weight excluding hydrogens is 218 g/mol. The van der Waals surface area contributed by atoms with Crippen molar-refractivity contribution in [2.24, 2.45) is 5.73 Å². The fraction of sp³-hybridized carbons (Fsp3) is 0.333. The predicted octanol–water partition coefficient (Wildman–Crippen LogP) is 0.146. The molecular formula is C12H15N3O2. The maximum absolute atomic E-state index is 11.2. The third kappa shape index (κ3) is 2.82. The summed E-state index contributed by atoms with van der Waals surface area (Å²) in [7, 11) is 0. The van der Waals surface area contributed by atoms with Crippen molar-refractivity contribution in [1.29, 1.82) is 0 Å². The minimum Gasteiger partial charge on any atom is -0.352 e. The summed E-state index contributed by atoms with van der Waals surface area (Å²) < 4.78 is 0. The molecule has 0 unspecified atom stereocenters. The maximum Gasteiger partial charge on any atom is 0.228 e. The van der Waals surface area contributed by atoms with Gasteiger partial charge in [-0.25, -0.2) is 0 Å². The lowest BCUT2D eigenvalue weighted by molar-refractivity contribution is -0.121. The molecule has 5 heteroatoms. The summed E-state index contributed by atoms with van der Waals surface area (Å²) in [5, 5.41) is 5.54. The van der Waals surface area contributed by atoms with Gasteiger partial charge in [0.1, 0.15) is 0 Å². The molecule has 0 saturated heterocycles. The SMILES string of the molecule is NCCC(=O)NCc1ccc2c(c1)CC(=O)N2. The van der Waals surface area contributed by atoms with Gasteiger partial charge >= 0.3 is 0 Å². The van der Waals surface area contributed by atoms with Gasteiger partial charge in [-0.1, -0.05) is 12.1 Å². The van der Waals surface area contributed by atoms with Gasteiger partial charge in [0, 0.05) is 25.2 Å². The van der Waals surface area contributed by atoms with E-state index in [1.807, 2.05) is 18.2 Å². The molecule has 17 heavy (non-hydrogen) atoms. The number of hydrogen-bond donors (Lipinski definition) is 3. The van der Waals surface area contributed by atoms with E-state index in [1.165, 1.54) is 0 Å². The van der Waals surface area contributed by atoms with E-state index in [-0.39, 0.29) is 11.8 Å². The lowest BCUT2D eigenvalue weighted by Crippen LogP contribution is -2.24. The first kappa shape index (κ1) is 11.6. The molecule has 5 nitrogen and oxygen atoms in total. The fourth-order valence-corrected chi connectivity index (χ4v) is 1.81. The van der Waals surface area contributed by atoms with Gasteiger partial charge in [0.05, 0.1) is 6.42 Å². The molecule has 0 atom stereocenters. The molecule has 1 heterocycles. The van der Waals surface area contributed by atoms with Gasteiger partial charge in [-0.2, -0.15) is 0 Å². The first-order valence-corrected chi connectivity index (χ1v) is 5.57. The minimum absolute atomic E-state index is 0.0179. The summed E-state index contributed by atoms with van der Waals surface area (Å²) in [5.41, 5.74) is 8.13. The van der Waals surface area contributed by atoms with Crippen molar-refractivity contribution in [1.82, 2.24) is 5.32 Å². The third-order valence-electron chi connectivity index (χ3n) is 2.66. The van der Waals surface area contributed by atoms with Crippen LogP contribution in [0.25, 0.3) is 0 Å². The van der Waals surface area contributed by atoms with E-state index in [4.69, 9.17) is 5.73 Å². The summed E-state index contributed by atoms with van der Waals surface area (Å²) in [6.07, 6.45) is 0.755. The van der Waals surface area contributed by atoms with Crippen LogP contribution in [0.4, 0.5) is 5.69 Å². The molecule has 1 aromatic rings. The van der Waals surface area contributed by atoms with Crippen molar-refractivity contribution < 1.29 is 9.59 Å². The summed E-state index contributed by atoms with van der Waals surface area (Å²) in [6, 6.07) is 5.70. The molecule has 1 aliphatic rings. The molecule has 1 aromatic carbocycles. The lowest BCUT2D eigenvalue weighted by atomic mass is 10.1. The number of carbonyl (C=O) groups is 2. The normalized spacial score (nSPS) is 13.1. The number of anilines is 1. The Kier molecular flexibility index (Phi) is 3.39. The Morgan fingerprint density at radius 3 is 3.06 bits per heavy atom. The standard InChI is InChI=1S/C12H15N3O2/c13-4-3-11(16)14-7-8-1-2-10-9(5-8)6-12(17)15-10/h1-2,5H,3-4,6-7,13H2,(H,14,16)(H,15,17). The molecule has 0 bridgehead atoms. The predicted molar refractivity (Wildman–Crippen MR) is 64.3 cm³/mol. The number of carbonyl (C=O) groups excluding carboxylic acids is 2. The largest absolute Gasteiger partial charge is 0.352 e. The Morgan fingerprint density at radius 1 is 1.47 bits per heavy atom. The average molecular weight is 233 g/mol.